The monoisotopic (exact) mass is 308 g/mol. The third-order valence-electron chi connectivity index (χ3n) is 3.14. The Morgan fingerprint density at radius 3 is 2.86 bits per heavy atom. The van der Waals surface area contributed by atoms with E-state index in [1.54, 1.807) is 0 Å². The smallest absolute Gasteiger partial charge is 0.407 e. The Morgan fingerprint density at radius 2 is 2.14 bits per heavy atom. The number of thioether (sulfide) groups is 1. The zero-order valence-electron chi connectivity index (χ0n) is 13.1. The first-order valence-electron chi connectivity index (χ1n) is 7.30. The van der Waals surface area contributed by atoms with Crippen LogP contribution in [0, 0.1) is 0 Å². The molecule has 1 aliphatic rings. The Labute approximate surface area is 131 Å². The van der Waals surface area contributed by atoms with Crippen LogP contribution in [-0.2, 0) is 4.74 Å². The van der Waals surface area contributed by atoms with Crippen LogP contribution in [-0.4, -0.2) is 30.0 Å². The topological polar surface area (TPSA) is 50.4 Å². The lowest BCUT2D eigenvalue weighted by Gasteiger charge is -2.23. The van der Waals surface area contributed by atoms with Gasteiger partial charge < -0.3 is 15.4 Å². The van der Waals surface area contributed by atoms with Crippen molar-refractivity contribution < 1.29 is 9.53 Å². The number of ether oxygens (including phenoxy) is 1. The van der Waals surface area contributed by atoms with Gasteiger partial charge in [0, 0.05) is 29.3 Å². The second-order valence-corrected chi connectivity index (χ2v) is 7.41. The molecule has 0 aromatic heterocycles. The van der Waals surface area contributed by atoms with Gasteiger partial charge in [0.05, 0.1) is 0 Å². The van der Waals surface area contributed by atoms with Gasteiger partial charge in [-0.3, -0.25) is 0 Å². The summed E-state index contributed by atoms with van der Waals surface area (Å²) in [5.41, 5.74) is 0.897. The summed E-state index contributed by atoms with van der Waals surface area (Å²) in [6.07, 6.45) is -0.364. The van der Waals surface area contributed by atoms with Crippen molar-refractivity contribution in [3.05, 3.63) is 29.8 Å². The average molecular weight is 308 g/mol. The molecule has 5 heteroatoms. The molecule has 2 rings (SSSR count). The van der Waals surface area contributed by atoms with E-state index >= 15 is 0 Å². The summed E-state index contributed by atoms with van der Waals surface area (Å²) in [5, 5.41) is 6.37. The first-order chi connectivity index (χ1) is 9.85. The Balaban J connectivity index is 1.78. The van der Waals surface area contributed by atoms with Crippen LogP contribution in [0.2, 0.25) is 0 Å². The first-order valence-corrected chi connectivity index (χ1v) is 8.28. The molecule has 1 aromatic carbocycles. The van der Waals surface area contributed by atoms with Gasteiger partial charge in [-0.05, 0) is 39.3 Å². The molecule has 0 spiro atoms. The molecule has 1 aromatic rings. The van der Waals surface area contributed by atoms with Crippen LogP contribution in [0.15, 0.2) is 29.2 Å². The van der Waals surface area contributed by atoms with Gasteiger partial charge in [0.15, 0.2) is 0 Å². The van der Waals surface area contributed by atoms with Crippen molar-refractivity contribution in [2.24, 2.45) is 0 Å². The molecule has 2 unspecified atom stereocenters. The molecule has 0 bridgehead atoms. The minimum Gasteiger partial charge on any atom is -0.444 e. The van der Waals surface area contributed by atoms with Crippen LogP contribution in [0.3, 0.4) is 0 Å². The maximum absolute atomic E-state index is 11.6. The molecule has 1 heterocycles. The van der Waals surface area contributed by atoms with Crippen molar-refractivity contribution in [2.45, 2.75) is 50.3 Å². The quantitative estimate of drug-likeness (QED) is 0.896. The van der Waals surface area contributed by atoms with Gasteiger partial charge in [0.1, 0.15) is 5.60 Å². The summed E-state index contributed by atoms with van der Waals surface area (Å²) in [6, 6.07) is 9.01. The van der Waals surface area contributed by atoms with Crippen molar-refractivity contribution in [1.29, 1.82) is 0 Å². The van der Waals surface area contributed by atoms with Gasteiger partial charge in [0.25, 0.3) is 0 Å². The van der Waals surface area contributed by atoms with Crippen LogP contribution in [0.1, 0.15) is 39.3 Å². The fourth-order valence-corrected chi connectivity index (χ4v) is 3.43. The van der Waals surface area contributed by atoms with Crippen molar-refractivity contribution in [3.63, 3.8) is 0 Å². The van der Waals surface area contributed by atoms with E-state index in [1.807, 2.05) is 32.5 Å². The summed E-state index contributed by atoms with van der Waals surface area (Å²) >= 11 is 1.88. The standard InChI is InChI=1S/C16H24N2O2S/c1-11(9-17-15(19)20-16(2,3)4)18-13-10-21-14-8-6-5-7-12(13)14/h5-8,11,13,18H,9-10H2,1-4H3,(H,17,19). The summed E-state index contributed by atoms with van der Waals surface area (Å²) in [5.74, 6) is 1.04. The number of fused-ring (bicyclic) bond motifs is 1. The molecule has 4 nitrogen and oxygen atoms in total. The molecule has 2 atom stereocenters. The number of hydrogen-bond donors (Lipinski definition) is 2. The van der Waals surface area contributed by atoms with E-state index in [-0.39, 0.29) is 12.1 Å². The Kier molecular flexibility index (Phi) is 5.17. The highest BCUT2D eigenvalue weighted by molar-refractivity contribution is 7.99. The van der Waals surface area contributed by atoms with Crippen LogP contribution < -0.4 is 10.6 Å². The van der Waals surface area contributed by atoms with Crippen molar-refractivity contribution in [3.8, 4) is 0 Å². The second kappa shape index (κ2) is 6.71. The number of benzene rings is 1. The number of alkyl carbamates (subject to hydrolysis) is 1. The van der Waals surface area contributed by atoms with Gasteiger partial charge in [-0.2, -0.15) is 0 Å². The largest absolute Gasteiger partial charge is 0.444 e. The van der Waals surface area contributed by atoms with Gasteiger partial charge >= 0.3 is 6.09 Å². The van der Waals surface area contributed by atoms with E-state index < -0.39 is 5.60 Å². The Hall–Kier alpha value is -1.20. The molecule has 0 fully saturated rings. The molecular weight excluding hydrogens is 284 g/mol. The number of amides is 1. The Morgan fingerprint density at radius 1 is 1.43 bits per heavy atom. The predicted octanol–water partition coefficient (Wildman–Crippen LogP) is 3.34. The zero-order valence-corrected chi connectivity index (χ0v) is 13.9. The van der Waals surface area contributed by atoms with Crippen molar-refractivity contribution in [1.82, 2.24) is 10.6 Å². The summed E-state index contributed by atoms with van der Waals surface area (Å²) < 4.78 is 5.23. The Bertz CT molecular complexity index is 499. The molecule has 116 valence electrons. The maximum atomic E-state index is 11.6. The van der Waals surface area contributed by atoms with Crippen LogP contribution >= 0.6 is 11.8 Å². The summed E-state index contributed by atoms with van der Waals surface area (Å²) in [4.78, 5) is 13.0. The second-order valence-electron chi connectivity index (χ2n) is 6.35. The highest BCUT2D eigenvalue weighted by atomic mass is 32.2. The van der Waals surface area contributed by atoms with Crippen LogP contribution in [0.4, 0.5) is 4.79 Å². The molecule has 0 radical (unpaired) electrons. The normalized spacial score (nSPS) is 19.0. The molecule has 1 aliphatic heterocycles. The molecule has 0 saturated heterocycles. The van der Waals surface area contributed by atoms with E-state index in [0.717, 1.165) is 5.75 Å². The summed E-state index contributed by atoms with van der Waals surface area (Å²) in [7, 11) is 0. The SMILES string of the molecule is CC(CNC(=O)OC(C)(C)C)NC1CSc2ccccc21. The van der Waals surface area contributed by atoms with E-state index in [0.29, 0.717) is 12.6 Å². The lowest BCUT2D eigenvalue weighted by atomic mass is 10.1. The number of carbonyl (C=O) groups excluding carboxylic acids is 1. The van der Waals surface area contributed by atoms with Crippen molar-refractivity contribution in [2.75, 3.05) is 12.3 Å². The fourth-order valence-electron chi connectivity index (χ4n) is 2.25. The minimum absolute atomic E-state index is 0.189. The minimum atomic E-state index is -0.457. The molecule has 1 amide bonds. The highest BCUT2D eigenvalue weighted by Gasteiger charge is 2.24. The van der Waals surface area contributed by atoms with E-state index in [1.165, 1.54) is 10.5 Å². The lowest BCUT2D eigenvalue weighted by Crippen LogP contribution is -2.42. The summed E-state index contributed by atoms with van der Waals surface area (Å²) in [6.45, 7) is 8.21. The van der Waals surface area contributed by atoms with E-state index in [9.17, 15) is 4.79 Å². The molecule has 0 saturated carbocycles. The number of carbonyl (C=O) groups is 1. The molecule has 2 N–H and O–H groups in total. The highest BCUT2D eigenvalue weighted by Crippen LogP contribution is 2.37. The van der Waals surface area contributed by atoms with Gasteiger partial charge in [0.2, 0.25) is 0 Å². The third-order valence-corrected chi connectivity index (χ3v) is 4.32. The predicted molar refractivity (Wildman–Crippen MR) is 86.7 cm³/mol. The maximum Gasteiger partial charge on any atom is 0.407 e. The van der Waals surface area contributed by atoms with Gasteiger partial charge in [-0.1, -0.05) is 18.2 Å². The number of rotatable bonds is 4. The number of hydrogen-bond acceptors (Lipinski definition) is 4. The molecular formula is C16H24N2O2S. The van der Waals surface area contributed by atoms with Crippen LogP contribution in [0.5, 0.6) is 0 Å². The third kappa shape index (κ3) is 4.93. The molecule has 0 aliphatic carbocycles. The van der Waals surface area contributed by atoms with E-state index in [2.05, 4.69) is 41.8 Å². The van der Waals surface area contributed by atoms with Gasteiger partial charge in [-0.25, -0.2) is 4.79 Å². The first kappa shape index (κ1) is 16.2. The zero-order chi connectivity index (χ0) is 15.5. The molecule has 21 heavy (non-hydrogen) atoms. The average Bonchev–Trinajstić information content (AvgIpc) is 2.78. The lowest BCUT2D eigenvalue weighted by molar-refractivity contribution is 0.0523. The van der Waals surface area contributed by atoms with Gasteiger partial charge in [-0.15, -0.1) is 11.8 Å². The van der Waals surface area contributed by atoms with Crippen molar-refractivity contribution >= 4 is 17.9 Å². The fraction of sp³-hybridized carbons (Fsp3) is 0.562. The van der Waals surface area contributed by atoms with E-state index in [4.69, 9.17) is 4.74 Å². The number of nitrogens with one attached hydrogen (secondary N) is 2. The van der Waals surface area contributed by atoms with Crippen LogP contribution in [0.25, 0.3) is 0 Å².